The summed E-state index contributed by atoms with van der Waals surface area (Å²) in [6.07, 6.45) is 0. The van der Waals surface area contributed by atoms with Gasteiger partial charge < -0.3 is 24.2 Å². The third-order valence-electron chi connectivity index (χ3n) is 3.99. The van der Waals surface area contributed by atoms with Crippen LogP contribution in [0.25, 0.3) is 10.2 Å². The Hall–Kier alpha value is -2.23. The number of aliphatic carboxylic acids is 1. The van der Waals surface area contributed by atoms with E-state index in [9.17, 15) is 4.79 Å². The summed E-state index contributed by atoms with van der Waals surface area (Å²) in [7, 11) is -2.43. The minimum atomic E-state index is -2.43. The van der Waals surface area contributed by atoms with Gasteiger partial charge in [0.15, 0.2) is 6.04 Å². The number of carbonyl (C=O) groups is 1. The highest BCUT2D eigenvalue weighted by molar-refractivity contribution is 8.15. The summed E-state index contributed by atoms with van der Waals surface area (Å²) >= 11 is 2.86. The Kier molecular flexibility index (Phi) is 5.98. The maximum absolute atomic E-state index is 11.1. The highest BCUT2D eigenvalue weighted by Gasteiger charge is 2.26. The first-order valence-electron chi connectivity index (χ1n) is 8.40. The molecule has 1 unspecified atom stereocenters. The zero-order valence-electron chi connectivity index (χ0n) is 14.8. The smallest absolute Gasteiger partial charge is 0.391 e. The van der Waals surface area contributed by atoms with Gasteiger partial charge in [-0.05, 0) is 35.9 Å². The lowest BCUT2D eigenvalue weighted by Gasteiger charge is -2.08. The number of thiazole rings is 1. The summed E-state index contributed by atoms with van der Waals surface area (Å²) < 4.78 is 11.6. The zero-order chi connectivity index (χ0) is 20.4. The van der Waals surface area contributed by atoms with Crippen molar-refractivity contribution in [2.45, 2.75) is 12.6 Å². The second-order valence-electron chi connectivity index (χ2n) is 6.02. The van der Waals surface area contributed by atoms with Gasteiger partial charge in [-0.3, -0.25) is 4.99 Å². The Morgan fingerprint density at radius 1 is 1.17 bits per heavy atom. The zero-order valence-corrected chi connectivity index (χ0v) is 17.3. The van der Waals surface area contributed by atoms with E-state index in [1.165, 1.54) is 23.1 Å². The summed E-state index contributed by atoms with van der Waals surface area (Å²) in [6.45, 7) is 0.341. The molecule has 29 heavy (non-hydrogen) atoms. The number of aromatic nitrogens is 1. The predicted molar refractivity (Wildman–Crippen MR) is 113 cm³/mol. The lowest BCUT2D eigenvalue weighted by molar-refractivity contribution is -0.137. The van der Waals surface area contributed by atoms with Crippen LogP contribution in [0.15, 0.2) is 47.5 Å². The van der Waals surface area contributed by atoms with E-state index in [2.05, 4.69) is 9.98 Å². The summed E-state index contributed by atoms with van der Waals surface area (Å²) in [5.74, 6) is 0.572. The van der Waals surface area contributed by atoms with Crippen LogP contribution in [0.2, 0.25) is 0 Å². The normalized spacial score (nSPS) is 16.2. The fraction of sp³-hybridized carbons (Fsp3) is 0.167. The number of nitrogens with zero attached hydrogens (tertiary/aromatic N) is 2. The number of ether oxygens (including phenoxy) is 1. The Labute approximate surface area is 174 Å². The Balaban J connectivity index is 1.44. The standard InChI is InChI=1S/C18H15N2O6PS2/c21-18(22)14-9-28-16(20-14)17-19-13-6-5-12(7-15(13)29-17)25-8-10-1-3-11(4-2-10)26-27(23)24/h1-7,14,23-24H,8-9H2,(H,21,22). The number of carboxylic acids is 1. The highest BCUT2D eigenvalue weighted by Crippen LogP contribution is 2.32. The maximum atomic E-state index is 11.1. The first-order chi connectivity index (χ1) is 14.0. The van der Waals surface area contributed by atoms with E-state index in [4.69, 9.17) is 24.2 Å². The van der Waals surface area contributed by atoms with Crippen molar-refractivity contribution in [2.75, 3.05) is 5.75 Å². The van der Waals surface area contributed by atoms with Crippen LogP contribution in [-0.4, -0.2) is 42.7 Å². The van der Waals surface area contributed by atoms with Gasteiger partial charge >= 0.3 is 14.6 Å². The number of aliphatic imine (C=N–C) groups is 1. The number of hydrogen-bond acceptors (Lipinski definition) is 9. The molecule has 0 amide bonds. The first-order valence-corrected chi connectivity index (χ1v) is 11.4. The van der Waals surface area contributed by atoms with Crippen molar-refractivity contribution in [1.82, 2.24) is 4.98 Å². The lowest BCUT2D eigenvalue weighted by atomic mass is 10.2. The number of carboxylic acid groups (broad SMARTS) is 1. The van der Waals surface area contributed by atoms with Crippen LogP contribution >= 0.6 is 31.7 Å². The van der Waals surface area contributed by atoms with E-state index in [1.54, 1.807) is 24.3 Å². The summed E-state index contributed by atoms with van der Waals surface area (Å²) in [5.41, 5.74) is 1.71. The third kappa shape index (κ3) is 4.85. The molecule has 1 aromatic heterocycles. The van der Waals surface area contributed by atoms with Crippen LogP contribution in [0.5, 0.6) is 11.5 Å². The molecule has 0 saturated heterocycles. The van der Waals surface area contributed by atoms with E-state index in [1.807, 2.05) is 18.2 Å². The fourth-order valence-corrected chi connectivity index (χ4v) is 5.01. The molecular weight excluding hydrogens is 435 g/mol. The van der Waals surface area contributed by atoms with Crippen molar-refractivity contribution in [3.8, 4) is 11.5 Å². The Bertz CT molecular complexity index is 1070. The predicted octanol–water partition coefficient (Wildman–Crippen LogP) is 3.41. The number of benzene rings is 2. The molecule has 11 heteroatoms. The van der Waals surface area contributed by atoms with Crippen LogP contribution in [0.4, 0.5) is 0 Å². The molecule has 2 heterocycles. The van der Waals surface area contributed by atoms with Crippen LogP contribution in [0, 0.1) is 0 Å². The number of fused-ring (bicyclic) bond motifs is 1. The second kappa shape index (κ2) is 8.64. The third-order valence-corrected chi connectivity index (χ3v) is 6.58. The molecule has 0 radical (unpaired) electrons. The van der Waals surface area contributed by atoms with Crippen molar-refractivity contribution < 1.29 is 28.9 Å². The minimum Gasteiger partial charge on any atom is -0.489 e. The van der Waals surface area contributed by atoms with E-state index in [0.717, 1.165) is 15.8 Å². The van der Waals surface area contributed by atoms with Crippen molar-refractivity contribution in [3.05, 3.63) is 53.0 Å². The Morgan fingerprint density at radius 3 is 2.62 bits per heavy atom. The summed E-state index contributed by atoms with van der Waals surface area (Å²) in [4.78, 5) is 37.6. The number of rotatable bonds is 7. The van der Waals surface area contributed by atoms with Crippen molar-refractivity contribution in [3.63, 3.8) is 0 Å². The van der Waals surface area contributed by atoms with Crippen LogP contribution in [0.1, 0.15) is 10.6 Å². The molecule has 1 aliphatic rings. The largest absolute Gasteiger partial charge is 0.489 e. The van der Waals surface area contributed by atoms with Gasteiger partial charge in [-0.15, -0.1) is 23.1 Å². The quantitative estimate of drug-likeness (QED) is 0.468. The molecule has 2 aromatic carbocycles. The average Bonchev–Trinajstić information content (AvgIpc) is 3.33. The van der Waals surface area contributed by atoms with Gasteiger partial charge in [0.2, 0.25) is 0 Å². The molecule has 0 fully saturated rings. The number of thioether (sulfide) groups is 1. The van der Waals surface area contributed by atoms with Crippen LogP contribution < -0.4 is 9.26 Å². The molecule has 8 nitrogen and oxygen atoms in total. The summed E-state index contributed by atoms with van der Waals surface area (Å²) in [6, 6.07) is 11.7. The van der Waals surface area contributed by atoms with Crippen molar-refractivity contribution in [1.29, 1.82) is 0 Å². The molecular formula is C18H15N2O6PS2. The lowest BCUT2D eigenvalue weighted by Crippen LogP contribution is -2.17. The molecule has 0 bridgehead atoms. The molecule has 4 rings (SSSR count). The van der Waals surface area contributed by atoms with Gasteiger partial charge in [0.05, 0.1) is 10.2 Å². The van der Waals surface area contributed by atoms with Gasteiger partial charge in [0.1, 0.15) is 28.2 Å². The molecule has 0 saturated carbocycles. The average molecular weight is 450 g/mol. The molecule has 0 spiro atoms. The second-order valence-corrected chi connectivity index (χ2v) is 8.75. The van der Waals surface area contributed by atoms with Gasteiger partial charge in [-0.1, -0.05) is 12.1 Å². The fourth-order valence-electron chi connectivity index (χ4n) is 2.61. The summed E-state index contributed by atoms with van der Waals surface area (Å²) in [5, 5.41) is 10.5. The van der Waals surface area contributed by atoms with Crippen molar-refractivity contribution in [2.24, 2.45) is 4.99 Å². The molecule has 0 aliphatic carbocycles. The SMILES string of the molecule is O=C(O)C1CSC(c2nc3ccc(OCc4ccc(OP(O)O)cc4)cc3s2)=N1. The highest BCUT2D eigenvalue weighted by atomic mass is 32.2. The molecule has 1 atom stereocenters. The van der Waals surface area contributed by atoms with Crippen LogP contribution in [0.3, 0.4) is 0 Å². The molecule has 150 valence electrons. The first kappa shape index (κ1) is 20.1. The molecule has 3 N–H and O–H groups in total. The molecule has 3 aromatic rings. The van der Waals surface area contributed by atoms with Gasteiger partial charge in [0, 0.05) is 5.75 Å². The monoisotopic (exact) mass is 450 g/mol. The minimum absolute atomic E-state index is 0.341. The van der Waals surface area contributed by atoms with E-state index in [-0.39, 0.29) is 0 Å². The van der Waals surface area contributed by atoms with E-state index < -0.39 is 20.6 Å². The number of hydrogen-bond donors (Lipinski definition) is 3. The van der Waals surface area contributed by atoms with Crippen LogP contribution in [-0.2, 0) is 11.4 Å². The maximum Gasteiger partial charge on any atom is 0.391 e. The van der Waals surface area contributed by atoms with Gasteiger partial charge in [-0.25, -0.2) is 9.78 Å². The van der Waals surface area contributed by atoms with Gasteiger partial charge in [-0.2, -0.15) is 0 Å². The Morgan fingerprint density at radius 2 is 1.93 bits per heavy atom. The van der Waals surface area contributed by atoms with E-state index in [0.29, 0.717) is 33.9 Å². The van der Waals surface area contributed by atoms with Gasteiger partial charge in [0.25, 0.3) is 0 Å². The topological polar surface area (TPSA) is 121 Å². The van der Waals surface area contributed by atoms with E-state index >= 15 is 0 Å². The molecule has 1 aliphatic heterocycles. The van der Waals surface area contributed by atoms with Crippen molar-refractivity contribution >= 4 is 52.9 Å².